The predicted octanol–water partition coefficient (Wildman–Crippen LogP) is 3.97. The van der Waals surface area contributed by atoms with Crippen molar-refractivity contribution in [3.8, 4) is 11.4 Å². The summed E-state index contributed by atoms with van der Waals surface area (Å²) in [5.74, 6) is 0.698. The van der Waals surface area contributed by atoms with Crippen molar-refractivity contribution < 1.29 is 4.52 Å². The lowest BCUT2D eigenvalue weighted by Gasteiger charge is -2.08. The number of H-pyrrole nitrogens is 1. The van der Waals surface area contributed by atoms with Crippen molar-refractivity contribution in [2.75, 3.05) is 0 Å². The summed E-state index contributed by atoms with van der Waals surface area (Å²) in [6, 6.07) is 12.7. The molecule has 0 fully saturated rings. The number of nitrogens with one attached hydrogen (secondary N) is 1. The van der Waals surface area contributed by atoms with Crippen LogP contribution in [0.25, 0.3) is 34.6 Å². The number of rotatable bonds is 5. The van der Waals surface area contributed by atoms with Gasteiger partial charge in [-0.15, -0.1) is 0 Å². The number of aromatic nitrogens is 4. The molecule has 2 aromatic carbocycles. The molecule has 0 aliphatic rings. The minimum Gasteiger partial charge on any atom is -0.334 e. The molecular formula is C21H17ClN4O3. The molecule has 0 atom stereocenters. The standard InChI is InChI=1S/C21H17ClN4O3/c1-2-11-26-17-9-7-14(12-16(17)23-20(27)21(26)28)19-24-18(29-25-19)10-8-13-5-3-4-6-15(13)22/h3-10,12H,2,11H2,1H3,(H,23,27)/b10-8+. The third-order valence-electron chi connectivity index (χ3n) is 4.43. The fraction of sp³-hybridized carbons (Fsp3) is 0.143. The molecular weight excluding hydrogens is 392 g/mol. The molecule has 29 heavy (non-hydrogen) atoms. The first-order valence-corrected chi connectivity index (χ1v) is 9.48. The largest absolute Gasteiger partial charge is 0.334 e. The van der Waals surface area contributed by atoms with Crippen LogP contribution in [0.4, 0.5) is 0 Å². The van der Waals surface area contributed by atoms with Crippen molar-refractivity contribution in [3.63, 3.8) is 0 Å². The summed E-state index contributed by atoms with van der Waals surface area (Å²) in [4.78, 5) is 31.1. The van der Waals surface area contributed by atoms with Crippen molar-refractivity contribution in [2.24, 2.45) is 0 Å². The van der Waals surface area contributed by atoms with Crippen molar-refractivity contribution in [3.05, 3.63) is 79.6 Å². The van der Waals surface area contributed by atoms with Crippen molar-refractivity contribution in [2.45, 2.75) is 19.9 Å². The highest BCUT2D eigenvalue weighted by atomic mass is 35.5. The minimum absolute atomic E-state index is 0.324. The number of aromatic amines is 1. The molecule has 0 spiro atoms. The SMILES string of the molecule is CCCn1c(=O)c(=O)[nH]c2cc(-c3noc(/C=C/c4ccccc4Cl)n3)ccc21. The number of benzene rings is 2. The van der Waals surface area contributed by atoms with Crippen molar-refractivity contribution in [1.82, 2.24) is 19.7 Å². The average molecular weight is 409 g/mol. The molecule has 0 bridgehead atoms. The fourth-order valence-corrected chi connectivity index (χ4v) is 3.25. The molecule has 7 nitrogen and oxygen atoms in total. The van der Waals surface area contributed by atoms with Gasteiger partial charge in [0.2, 0.25) is 5.82 Å². The smallest absolute Gasteiger partial charge is 0.316 e. The Morgan fingerprint density at radius 2 is 2.00 bits per heavy atom. The first-order chi connectivity index (χ1) is 14.1. The van der Waals surface area contributed by atoms with E-state index >= 15 is 0 Å². The van der Waals surface area contributed by atoms with Gasteiger partial charge in [0.25, 0.3) is 5.89 Å². The van der Waals surface area contributed by atoms with E-state index in [0.29, 0.717) is 39.9 Å². The van der Waals surface area contributed by atoms with Crippen LogP contribution in [0, 0.1) is 0 Å². The lowest BCUT2D eigenvalue weighted by molar-refractivity contribution is 0.411. The summed E-state index contributed by atoms with van der Waals surface area (Å²) in [6.45, 7) is 2.42. The topological polar surface area (TPSA) is 93.8 Å². The summed E-state index contributed by atoms with van der Waals surface area (Å²) >= 11 is 6.13. The molecule has 4 rings (SSSR count). The summed E-state index contributed by atoms with van der Waals surface area (Å²) in [6.07, 6.45) is 4.21. The molecule has 0 aliphatic carbocycles. The maximum Gasteiger partial charge on any atom is 0.316 e. The van der Waals surface area contributed by atoms with E-state index < -0.39 is 11.1 Å². The van der Waals surface area contributed by atoms with Crippen LogP contribution < -0.4 is 11.1 Å². The maximum absolute atomic E-state index is 12.1. The summed E-state index contributed by atoms with van der Waals surface area (Å²) in [5.41, 5.74) is 1.49. The van der Waals surface area contributed by atoms with E-state index in [1.54, 1.807) is 36.4 Å². The summed E-state index contributed by atoms with van der Waals surface area (Å²) < 4.78 is 6.76. The molecule has 4 aromatic rings. The molecule has 2 heterocycles. The van der Waals surface area contributed by atoms with Crippen LogP contribution in [-0.4, -0.2) is 19.7 Å². The number of fused-ring (bicyclic) bond motifs is 1. The Bertz CT molecular complexity index is 1330. The second kappa shape index (κ2) is 7.89. The Labute approximate surface area is 170 Å². The highest BCUT2D eigenvalue weighted by Crippen LogP contribution is 2.22. The molecule has 0 unspecified atom stereocenters. The van der Waals surface area contributed by atoms with Crippen LogP contribution >= 0.6 is 11.6 Å². The summed E-state index contributed by atoms with van der Waals surface area (Å²) in [7, 11) is 0. The number of aryl methyl sites for hydroxylation is 1. The molecule has 0 aliphatic heterocycles. The molecule has 8 heteroatoms. The van der Waals surface area contributed by atoms with Crippen LogP contribution in [0.3, 0.4) is 0 Å². The quantitative estimate of drug-likeness (QED) is 0.504. The number of nitrogens with zero attached hydrogens (tertiary/aromatic N) is 3. The van der Waals surface area contributed by atoms with Gasteiger partial charge in [0.1, 0.15) is 0 Å². The third kappa shape index (κ3) is 3.77. The van der Waals surface area contributed by atoms with Crippen molar-refractivity contribution >= 4 is 34.8 Å². The normalized spacial score (nSPS) is 11.5. The molecule has 2 aromatic heterocycles. The third-order valence-corrected chi connectivity index (χ3v) is 4.78. The number of hydrogen-bond acceptors (Lipinski definition) is 5. The van der Waals surface area contributed by atoms with Gasteiger partial charge >= 0.3 is 11.1 Å². The van der Waals surface area contributed by atoms with Gasteiger partial charge in [-0.05, 0) is 42.3 Å². The van der Waals surface area contributed by atoms with Gasteiger partial charge in [0, 0.05) is 23.2 Å². The highest BCUT2D eigenvalue weighted by molar-refractivity contribution is 6.32. The van der Waals surface area contributed by atoms with Crippen molar-refractivity contribution in [1.29, 1.82) is 0 Å². The molecule has 146 valence electrons. The zero-order valence-corrected chi connectivity index (χ0v) is 16.3. The monoisotopic (exact) mass is 408 g/mol. The first kappa shape index (κ1) is 18.9. The van der Waals surface area contributed by atoms with Gasteiger partial charge in [0.15, 0.2) is 0 Å². The Morgan fingerprint density at radius 1 is 1.17 bits per heavy atom. The number of hydrogen-bond donors (Lipinski definition) is 1. The first-order valence-electron chi connectivity index (χ1n) is 9.10. The Kier molecular flexibility index (Phi) is 5.14. The van der Waals surface area contributed by atoms with Gasteiger partial charge in [-0.2, -0.15) is 4.98 Å². The second-order valence-corrected chi connectivity index (χ2v) is 6.86. The number of halogens is 1. The average Bonchev–Trinajstić information content (AvgIpc) is 3.19. The van der Waals surface area contributed by atoms with Gasteiger partial charge in [-0.25, -0.2) is 0 Å². The zero-order valence-electron chi connectivity index (χ0n) is 15.6. The van der Waals surface area contributed by atoms with Crippen LogP contribution in [0.5, 0.6) is 0 Å². The Balaban J connectivity index is 1.69. The van der Waals surface area contributed by atoms with Crippen LogP contribution in [0.15, 0.2) is 56.6 Å². The predicted molar refractivity (Wildman–Crippen MR) is 113 cm³/mol. The van der Waals surface area contributed by atoms with Gasteiger partial charge < -0.3 is 14.1 Å². The molecule has 0 saturated heterocycles. The van der Waals surface area contributed by atoms with E-state index in [1.807, 2.05) is 25.1 Å². The Hall–Kier alpha value is -3.45. The molecule has 0 radical (unpaired) electrons. The van der Waals surface area contributed by atoms with Crippen LogP contribution in [0.1, 0.15) is 24.8 Å². The second-order valence-electron chi connectivity index (χ2n) is 6.45. The van der Waals surface area contributed by atoms with Crippen LogP contribution in [0.2, 0.25) is 5.02 Å². The zero-order chi connectivity index (χ0) is 20.4. The highest BCUT2D eigenvalue weighted by Gasteiger charge is 2.11. The van der Waals surface area contributed by atoms with E-state index in [0.717, 1.165) is 12.0 Å². The lowest BCUT2D eigenvalue weighted by Crippen LogP contribution is -2.36. The van der Waals surface area contributed by atoms with E-state index in [2.05, 4.69) is 15.1 Å². The minimum atomic E-state index is -0.653. The Morgan fingerprint density at radius 3 is 2.79 bits per heavy atom. The van der Waals surface area contributed by atoms with Gasteiger partial charge in [0.05, 0.1) is 11.0 Å². The van der Waals surface area contributed by atoms with Crippen LogP contribution in [-0.2, 0) is 6.54 Å². The molecule has 1 N–H and O–H groups in total. The van der Waals surface area contributed by atoms with E-state index in [9.17, 15) is 9.59 Å². The van der Waals surface area contributed by atoms with E-state index in [4.69, 9.17) is 16.1 Å². The van der Waals surface area contributed by atoms with E-state index in [1.165, 1.54) is 4.57 Å². The maximum atomic E-state index is 12.1. The molecule has 0 amide bonds. The molecule has 0 saturated carbocycles. The fourth-order valence-electron chi connectivity index (χ4n) is 3.06. The lowest BCUT2D eigenvalue weighted by atomic mass is 10.1. The van der Waals surface area contributed by atoms with E-state index in [-0.39, 0.29) is 0 Å². The van der Waals surface area contributed by atoms with Gasteiger partial charge in [-0.1, -0.05) is 41.9 Å². The van der Waals surface area contributed by atoms with Gasteiger partial charge in [-0.3, -0.25) is 9.59 Å². The summed E-state index contributed by atoms with van der Waals surface area (Å²) in [5, 5.41) is 4.62.